The summed E-state index contributed by atoms with van der Waals surface area (Å²) in [6.07, 6.45) is 1.75. The summed E-state index contributed by atoms with van der Waals surface area (Å²) in [7, 11) is -3.70. The number of benzene rings is 3. The summed E-state index contributed by atoms with van der Waals surface area (Å²) in [5, 5.41) is 2.75. The second-order valence-electron chi connectivity index (χ2n) is 6.99. The van der Waals surface area contributed by atoms with E-state index in [4.69, 9.17) is 0 Å². The number of aromatic nitrogens is 2. The monoisotopic (exact) mass is 431 g/mol. The zero-order valence-electron chi connectivity index (χ0n) is 16.0. The summed E-state index contributed by atoms with van der Waals surface area (Å²) in [4.78, 5) is 10.1. The number of hydrogen-bond acceptors (Lipinski definition) is 5. The third kappa shape index (κ3) is 3.42. The second-order valence-corrected chi connectivity index (χ2v) is 9.65. The Balaban J connectivity index is 1.46. The number of aryl methyl sites for hydroxylation is 1. The molecule has 0 spiro atoms. The molecule has 0 aliphatic carbocycles. The molecule has 2 aromatic heterocycles. The molecule has 5 nitrogen and oxygen atoms in total. The number of hydrogen-bond donors (Lipinski definition) is 1. The molecule has 148 valence electrons. The fraction of sp³-hybridized carbons (Fsp3) is 0.0435. The summed E-state index contributed by atoms with van der Waals surface area (Å²) in [6, 6.07) is 22.2. The quantitative estimate of drug-likeness (QED) is 0.401. The average molecular weight is 432 g/mol. The van der Waals surface area contributed by atoms with Crippen LogP contribution in [-0.4, -0.2) is 18.4 Å². The van der Waals surface area contributed by atoms with E-state index in [1.165, 1.54) is 11.3 Å². The Kier molecular flexibility index (Phi) is 4.49. The van der Waals surface area contributed by atoms with Crippen LogP contribution in [0.3, 0.4) is 0 Å². The summed E-state index contributed by atoms with van der Waals surface area (Å²) < 4.78 is 28.6. The van der Waals surface area contributed by atoms with Gasteiger partial charge in [-0.1, -0.05) is 41.7 Å². The van der Waals surface area contributed by atoms with Gasteiger partial charge in [0, 0.05) is 11.8 Å². The number of anilines is 1. The van der Waals surface area contributed by atoms with Crippen molar-refractivity contribution in [3.8, 4) is 10.6 Å². The van der Waals surface area contributed by atoms with Crippen molar-refractivity contribution in [1.29, 1.82) is 0 Å². The highest BCUT2D eigenvalue weighted by atomic mass is 32.2. The van der Waals surface area contributed by atoms with Crippen LogP contribution in [0.4, 0.5) is 5.69 Å². The number of nitrogens with zero attached hydrogens (tertiary/aromatic N) is 2. The molecule has 0 unspecified atom stereocenters. The molecule has 30 heavy (non-hydrogen) atoms. The molecule has 0 aliphatic heterocycles. The Hall–Kier alpha value is -3.29. The summed E-state index contributed by atoms with van der Waals surface area (Å²) in [5.41, 5.74) is 3.16. The van der Waals surface area contributed by atoms with E-state index in [0.717, 1.165) is 37.3 Å². The minimum atomic E-state index is -3.70. The number of nitrogens with one attached hydrogen (secondary N) is 1. The van der Waals surface area contributed by atoms with Crippen molar-refractivity contribution in [3.63, 3.8) is 0 Å². The standard InChI is InChI=1S/C23H17N3O2S2/c1-15-13-18(22-25-21-7-4-12-24-23(21)29-22)9-11-20(15)26-30(27,28)19-10-8-16-5-2-3-6-17(16)14-19/h2-14,26H,1H3. The summed E-state index contributed by atoms with van der Waals surface area (Å²) in [5.74, 6) is 0. The van der Waals surface area contributed by atoms with Crippen LogP contribution in [0.25, 0.3) is 31.7 Å². The van der Waals surface area contributed by atoms with E-state index < -0.39 is 10.0 Å². The number of pyridine rings is 1. The van der Waals surface area contributed by atoms with Crippen LogP contribution < -0.4 is 4.72 Å². The van der Waals surface area contributed by atoms with Gasteiger partial charge in [-0.05, 0) is 65.7 Å². The van der Waals surface area contributed by atoms with Gasteiger partial charge in [0.15, 0.2) is 0 Å². The van der Waals surface area contributed by atoms with Crippen molar-refractivity contribution in [3.05, 3.63) is 84.6 Å². The van der Waals surface area contributed by atoms with Gasteiger partial charge in [-0.3, -0.25) is 4.72 Å². The summed E-state index contributed by atoms with van der Waals surface area (Å²) >= 11 is 1.52. The molecule has 0 saturated heterocycles. The highest BCUT2D eigenvalue weighted by Gasteiger charge is 2.16. The molecule has 1 N–H and O–H groups in total. The first-order valence-corrected chi connectivity index (χ1v) is 11.6. The van der Waals surface area contributed by atoms with Crippen molar-refractivity contribution in [2.75, 3.05) is 4.72 Å². The Labute approximate surface area is 178 Å². The first kappa shape index (κ1) is 18.7. The van der Waals surface area contributed by atoms with Crippen molar-refractivity contribution in [1.82, 2.24) is 9.97 Å². The third-order valence-corrected chi connectivity index (χ3v) is 7.31. The number of rotatable bonds is 4. The van der Waals surface area contributed by atoms with Gasteiger partial charge in [-0.25, -0.2) is 18.4 Å². The number of thiazole rings is 1. The normalized spacial score (nSPS) is 11.8. The zero-order valence-corrected chi connectivity index (χ0v) is 17.7. The minimum absolute atomic E-state index is 0.238. The van der Waals surface area contributed by atoms with Gasteiger partial charge in [0.05, 0.1) is 10.6 Å². The van der Waals surface area contributed by atoms with E-state index in [-0.39, 0.29) is 4.90 Å². The maximum atomic E-state index is 12.9. The van der Waals surface area contributed by atoms with Crippen molar-refractivity contribution >= 4 is 48.2 Å². The smallest absolute Gasteiger partial charge is 0.261 e. The molecule has 0 bridgehead atoms. The van der Waals surface area contributed by atoms with Crippen molar-refractivity contribution in [2.24, 2.45) is 0 Å². The van der Waals surface area contributed by atoms with E-state index in [1.54, 1.807) is 24.4 Å². The molecule has 2 heterocycles. The number of fused-ring (bicyclic) bond motifs is 2. The van der Waals surface area contributed by atoms with Crippen LogP contribution in [0.15, 0.2) is 83.9 Å². The van der Waals surface area contributed by atoms with Crippen molar-refractivity contribution < 1.29 is 8.42 Å². The van der Waals surface area contributed by atoms with E-state index in [9.17, 15) is 8.42 Å². The van der Waals surface area contributed by atoms with E-state index >= 15 is 0 Å². The first-order valence-electron chi connectivity index (χ1n) is 9.34. The first-order chi connectivity index (χ1) is 14.5. The Morgan fingerprint density at radius 2 is 1.73 bits per heavy atom. The predicted octanol–water partition coefficient (Wildman–Crippen LogP) is 5.62. The van der Waals surface area contributed by atoms with Gasteiger partial charge in [0.25, 0.3) is 10.0 Å². The van der Waals surface area contributed by atoms with Gasteiger partial charge in [-0.2, -0.15) is 0 Å². The highest BCUT2D eigenvalue weighted by Crippen LogP contribution is 2.31. The second kappa shape index (κ2) is 7.19. The van der Waals surface area contributed by atoms with Gasteiger partial charge in [0.1, 0.15) is 15.4 Å². The maximum absolute atomic E-state index is 12.9. The molecular formula is C23H17N3O2S2. The SMILES string of the molecule is Cc1cc(-c2nc3cccnc3s2)ccc1NS(=O)(=O)c1ccc2ccccc2c1. The van der Waals surface area contributed by atoms with Crippen LogP contribution in [-0.2, 0) is 10.0 Å². The fourth-order valence-corrected chi connectivity index (χ4v) is 5.41. The van der Waals surface area contributed by atoms with Crippen LogP contribution in [0.1, 0.15) is 5.56 Å². The van der Waals surface area contributed by atoms with Gasteiger partial charge >= 0.3 is 0 Å². The lowest BCUT2D eigenvalue weighted by Gasteiger charge is -2.12. The van der Waals surface area contributed by atoms with Crippen LogP contribution in [0.5, 0.6) is 0 Å². The molecule has 5 aromatic rings. The Morgan fingerprint density at radius 1 is 0.900 bits per heavy atom. The molecule has 7 heteroatoms. The summed E-state index contributed by atoms with van der Waals surface area (Å²) in [6.45, 7) is 1.88. The lowest BCUT2D eigenvalue weighted by Crippen LogP contribution is -2.13. The average Bonchev–Trinajstić information content (AvgIpc) is 3.19. The van der Waals surface area contributed by atoms with Crippen LogP contribution in [0, 0.1) is 6.92 Å². The Morgan fingerprint density at radius 3 is 2.53 bits per heavy atom. The molecule has 3 aromatic carbocycles. The Bertz CT molecular complexity index is 1470. The molecule has 0 amide bonds. The predicted molar refractivity (Wildman–Crippen MR) is 122 cm³/mol. The minimum Gasteiger partial charge on any atom is -0.279 e. The molecule has 5 rings (SSSR count). The molecule has 0 aliphatic rings. The van der Waals surface area contributed by atoms with E-state index in [0.29, 0.717) is 5.69 Å². The lowest BCUT2D eigenvalue weighted by molar-refractivity contribution is 0.601. The van der Waals surface area contributed by atoms with Crippen LogP contribution >= 0.6 is 11.3 Å². The van der Waals surface area contributed by atoms with Crippen LogP contribution in [0.2, 0.25) is 0 Å². The van der Waals surface area contributed by atoms with Gasteiger partial charge in [-0.15, -0.1) is 0 Å². The highest BCUT2D eigenvalue weighted by molar-refractivity contribution is 7.92. The largest absolute Gasteiger partial charge is 0.279 e. The topological polar surface area (TPSA) is 72.0 Å². The molecular weight excluding hydrogens is 414 g/mol. The molecule has 0 saturated carbocycles. The van der Waals surface area contributed by atoms with E-state index in [1.807, 2.05) is 61.5 Å². The fourth-order valence-electron chi connectivity index (χ4n) is 3.34. The number of sulfonamides is 1. The van der Waals surface area contributed by atoms with Crippen molar-refractivity contribution in [2.45, 2.75) is 11.8 Å². The van der Waals surface area contributed by atoms with Gasteiger partial charge in [0.2, 0.25) is 0 Å². The maximum Gasteiger partial charge on any atom is 0.261 e. The zero-order chi connectivity index (χ0) is 20.7. The van der Waals surface area contributed by atoms with E-state index in [2.05, 4.69) is 14.7 Å². The molecule has 0 radical (unpaired) electrons. The third-order valence-electron chi connectivity index (χ3n) is 4.92. The molecule has 0 atom stereocenters. The lowest BCUT2D eigenvalue weighted by atomic mass is 10.1. The van der Waals surface area contributed by atoms with Gasteiger partial charge < -0.3 is 0 Å². The molecule has 0 fully saturated rings.